The smallest absolute Gasteiger partial charge is 0.146 e. The van der Waals surface area contributed by atoms with Gasteiger partial charge < -0.3 is 5.73 Å². The van der Waals surface area contributed by atoms with Crippen molar-refractivity contribution < 1.29 is 0 Å². The number of aromatic nitrogens is 3. The summed E-state index contributed by atoms with van der Waals surface area (Å²) in [4.78, 5) is 0. The summed E-state index contributed by atoms with van der Waals surface area (Å²) in [7, 11) is 0. The molecule has 15 heavy (non-hydrogen) atoms. The van der Waals surface area contributed by atoms with E-state index in [0.29, 0.717) is 12.0 Å². The first-order valence-electron chi connectivity index (χ1n) is 5.90. The Kier molecular flexibility index (Phi) is 2.93. The van der Waals surface area contributed by atoms with Gasteiger partial charge >= 0.3 is 0 Å². The number of nitrogens with zero attached hydrogens (tertiary/aromatic N) is 3. The second kappa shape index (κ2) is 4.21. The lowest BCUT2D eigenvalue weighted by molar-refractivity contribution is 0.328. The van der Waals surface area contributed by atoms with Gasteiger partial charge in [-0.25, -0.2) is 4.68 Å². The van der Waals surface area contributed by atoms with Crippen molar-refractivity contribution in [3.63, 3.8) is 0 Å². The Labute approximate surface area is 90.8 Å². The Morgan fingerprint density at radius 1 is 1.27 bits per heavy atom. The number of nitrogen functional groups attached to an aromatic ring is 1. The molecule has 84 valence electrons. The van der Waals surface area contributed by atoms with E-state index < -0.39 is 0 Å². The monoisotopic (exact) mass is 208 g/mol. The van der Waals surface area contributed by atoms with Crippen molar-refractivity contribution >= 4 is 5.82 Å². The van der Waals surface area contributed by atoms with Gasteiger partial charge in [-0.3, -0.25) is 0 Å². The number of anilines is 1. The first-order chi connectivity index (χ1) is 7.20. The zero-order chi connectivity index (χ0) is 10.8. The van der Waals surface area contributed by atoms with Crippen molar-refractivity contribution in [1.29, 1.82) is 0 Å². The topological polar surface area (TPSA) is 56.7 Å². The summed E-state index contributed by atoms with van der Waals surface area (Å²) in [5, 5.41) is 8.38. The molecule has 1 aromatic heterocycles. The number of hydrogen-bond donors (Lipinski definition) is 1. The predicted octanol–water partition coefficient (Wildman–Crippen LogP) is 2.49. The molecule has 4 heteroatoms. The second-order valence-electron chi connectivity index (χ2n) is 4.75. The van der Waals surface area contributed by atoms with Gasteiger partial charge in [-0.05, 0) is 12.8 Å². The first kappa shape index (κ1) is 10.5. The van der Waals surface area contributed by atoms with E-state index in [1.54, 1.807) is 0 Å². The Hall–Kier alpha value is -1.06. The molecule has 2 N–H and O–H groups in total. The predicted molar refractivity (Wildman–Crippen MR) is 60.6 cm³/mol. The quantitative estimate of drug-likeness (QED) is 0.812. The first-order valence-corrected chi connectivity index (χ1v) is 5.90. The Morgan fingerprint density at radius 3 is 2.47 bits per heavy atom. The van der Waals surface area contributed by atoms with E-state index >= 15 is 0 Å². The van der Waals surface area contributed by atoms with Crippen LogP contribution in [0.4, 0.5) is 5.82 Å². The molecule has 1 aliphatic carbocycles. The molecular formula is C11H20N4. The van der Waals surface area contributed by atoms with Crippen molar-refractivity contribution in [2.24, 2.45) is 0 Å². The van der Waals surface area contributed by atoms with Crippen LogP contribution < -0.4 is 5.73 Å². The molecule has 0 unspecified atom stereocenters. The van der Waals surface area contributed by atoms with Gasteiger partial charge in [0.05, 0.1) is 6.04 Å². The molecule has 1 heterocycles. The molecule has 0 saturated heterocycles. The maximum atomic E-state index is 6.07. The van der Waals surface area contributed by atoms with Crippen LogP contribution in [0.2, 0.25) is 0 Å². The van der Waals surface area contributed by atoms with Gasteiger partial charge in [-0.2, -0.15) is 0 Å². The van der Waals surface area contributed by atoms with E-state index in [9.17, 15) is 0 Å². The SMILES string of the molecule is CC(C)c1nnn(C2CCCCC2)c1N. The van der Waals surface area contributed by atoms with E-state index in [0.717, 1.165) is 11.5 Å². The molecule has 1 aromatic rings. The fourth-order valence-corrected chi connectivity index (χ4v) is 2.32. The van der Waals surface area contributed by atoms with Gasteiger partial charge in [0.1, 0.15) is 11.5 Å². The number of rotatable bonds is 2. The van der Waals surface area contributed by atoms with Crippen molar-refractivity contribution in [2.45, 2.75) is 57.9 Å². The van der Waals surface area contributed by atoms with E-state index in [4.69, 9.17) is 5.73 Å². The van der Waals surface area contributed by atoms with Gasteiger partial charge in [-0.15, -0.1) is 5.10 Å². The summed E-state index contributed by atoms with van der Waals surface area (Å²) in [6, 6.07) is 0.485. The Morgan fingerprint density at radius 2 is 1.93 bits per heavy atom. The summed E-state index contributed by atoms with van der Waals surface area (Å²) in [5.41, 5.74) is 7.02. The molecule has 0 radical (unpaired) electrons. The minimum atomic E-state index is 0.363. The number of nitrogens with two attached hydrogens (primary N) is 1. The highest BCUT2D eigenvalue weighted by Crippen LogP contribution is 2.31. The molecule has 1 aliphatic rings. The third-order valence-corrected chi connectivity index (χ3v) is 3.23. The Balaban J connectivity index is 2.20. The zero-order valence-electron chi connectivity index (χ0n) is 9.61. The maximum Gasteiger partial charge on any atom is 0.146 e. The number of hydrogen-bond acceptors (Lipinski definition) is 3. The average Bonchev–Trinajstić information content (AvgIpc) is 2.61. The van der Waals surface area contributed by atoms with Crippen LogP contribution in [0.15, 0.2) is 0 Å². The van der Waals surface area contributed by atoms with Crippen LogP contribution in [0.5, 0.6) is 0 Å². The van der Waals surface area contributed by atoms with Crippen LogP contribution in [0.25, 0.3) is 0 Å². The molecule has 0 spiro atoms. The van der Waals surface area contributed by atoms with Gasteiger partial charge in [0.25, 0.3) is 0 Å². The zero-order valence-corrected chi connectivity index (χ0v) is 9.61. The molecule has 2 rings (SSSR count). The molecule has 1 saturated carbocycles. The highest BCUT2D eigenvalue weighted by Gasteiger charge is 2.21. The van der Waals surface area contributed by atoms with Crippen LogP contribution in [-0.2, 0) is 0 Å². The van der Waals surface area contributed by atoms with Crippen LogP contribution in [0.3, 0.4) is 0 Å². The van der Waals surface area contributed by atoms with Crippen LogP contribution >= 0.6 is 0 Å². The lowest BCUT2D eigenvalue weighted by Crippen LogP contribution is -2.16. The lowest BCUT2D eigenvalue weighted by atomic mass is 9.95. The summed E-state index contributed by atoms with van der Waals surface area (Å²) in [6.07, 6.45) is 6.33. The minimum absolute atomic E-state index is 0.363. The molecule has 0 aliphatic heterocycles. The lowest BCUT2D eigenvalue weighted by Gasteiger charge is -2.22. The van der Waals surface area contributed by atoms with E-state index in [-0.39, 0.29) is 0 Å². The fraction of sp³-hybridized carbons (Fsp3) is 0.818. The fourth-order valence-electron chi connectivity index (χ4n) is 2.32. The Bertz CT molecular complexity index is 323. The normalized spacial score (nSPS) is 18.6. The largest absolute Gasteiger partial charge is 0.382 e. The van der Waals surface area contributed by atoms with Crippen molar-refractivity contribution in [3.8, 4) is 0 Å². The van der Waals surface area contributed by atoms with E-state index in [1.165, 1.54) is 32.1 Å². The van der Waals surface area contributed by atoms with Crippen LogP contribution in [-0.4, -0.2) is 15.0 Å². The molecule has 4 nitrogen and oxygen atoms in total. The summed E-state index contributed by atoms with van der Waals surface area (Å²) < 4.78 is 1.94. The summed E-state index contributed by atoms with van der Waals surface area (Å²) in [5.74, 6) is 1.14. The highest BCUT2D eigenvalue weighted by molar-refractivity contribution is 5.36. The van der Waals surface area contributed by atoms with Crippen molar-refractivity contribution in [2.75, 3.05) is 5.73 Å². The molecule has 0 aromatic carbocycles. The van der Waals surface area contributed by atoms with Gasteiger partial charge in [0.2, 0.25) is 0 Å². The molecule has 0 amide bonds. The molecule has 1 fully saturated rings. The van der Waals surface area contributed by atoms with E-state index in [2.05, 4.69) is 24.2 Å². The minimum Gasteiger partial charge on any atom is -0.382 e. The van der Waals surface area contributed by atoms with Crippen molar-refractivity contribution in [1.82, 2.24) is 15.0 Å². The third-order valence-electron chi connectivity index (χ3n) is 3.23. The molecule has 0 atom stereocenters. The summed E-state index contributed by atoms with van der Waals surface area (Å²) in [6.45, 7) is 4.21. The van der Waals surface area contributed by atoms with Crippen molar-refractivity contribution in [3.05, 3.63) is 5.69 Å². The third kappa shape index (κ3) is 1.98. The average molecular weight is 208 g/mol. The van der Waals surface area contributed by atoms with Gasteiger partial charge in [-0.1, -0.05) is 38.3 Å². The van der Waals surface area contributed by atoms with E-state index in [1.807, 2.05) is 4.68 Å². The van der Waals surface area contributed by atoms with Crippen LogP contribution in [0.1, 0.15) is 63.6 Å². The summed E-state index contributed by atoms with van der Waals surface area (Å²) >= 11 is 0. The second-order valence-corrected chi connectivity index (χ2v) is 4.75. The van der Waals surface area contributed by atoms with Crippen LogP contribution in [0, 0.1) is 0 Å². The van der Waals surface area contributed by atoms with Gasteiger partial charge in [0.15, 0.2) is 0 Å². The standard InChI is InChI=1S/C11H20N4/c1-8(2)10-11(12)15(14-13-10)9-6-4-3-5-7-9/h8-9H,3-7,12H2,1-2H3. The van der Waals surface area contributed by atoms with Gasteiger partial charge in [0, 0.05) is 5.92 Å². The molecular weight excluding hydrogens is 188 g/mol. The molecule has 0 bridgehead atoms. The highest BCUT2D eigenvalue weighted by atomic mass is 15.5. The maximum absolute atomic E-state index is 6.07.